The SMILES string of the molecule is COC(=O)[B][P+](O[Si](C)(C)C)(O[Si](C)(C)C)O[Si](C)(C)C. The van der Waals surface area contributed by atoms with Crippen molar-refractivity contribution in [1.29, 1.82) is 0 Å². The third kappa shape index (κ3) is 10.8. The Morgan fingerprint density at radius 1 is 0.762 bits per heavy atom. The van der Waals surface area contributed by atoms with Crippen molar-refractivity contribution in [3.63, 3.8) is 0 Å². The van der Waals surface area contributed by atoms with Crippen molar-refractivity contribution in [1.82, 2.24) is 0 Å². The van der Waals surface area contributed by atoms with Crippen molar-refractivity contribution in [2.24, 2.45) is 0 Å². The average molecular weight is 368 g/mol. The third-order valence-electron chi connectivity index (χ3n) is 1.67. The van der Waals surface area contributed by atoms with Gasteiger partial charge in [-0.3, -0.25) is 4.79 Å². The molecular formula is C11H30BO5PSi3+. The zero-order chi connectivity index (χ0) is 17.1. The first kappa shape index (κ1) is 21.5. The fourth-order valence-corrected chi connectivity index (χ4v) is 13.1. The highest BCUT2D eigenvalue weighted by molar-refractivity contribution is 7.95. The Hall–Kier alpha value is 0.496. The van der Waals surface area contributed by atoms with E-state index in [1.807, 2.05) is 0 Å². The number of methoxy groups -OCH3 is 1. The molecule has 0 heterocycles. The van der Waals surface area contributed by atoms with Crippen molar-refractivity contribution in [3.05, 3.63) is 0 Å². The van der Waals surface area contributed by atoms with Crippen LogP contribution in [0.2, 0.25) is 58.9 Å². The van der Waals surface area contributed by atoms with E-state index in [1.165, 1.54) is 14.1 Å². The Bertz CT molecular complexity index is 322. The molecule has 0 aromatic carbocycles. The van der Waals surface area contributed by atoms with Crippen LogP contribution in [0.3, 0.4) is 0 Å². The summed E-state index contributed by atoms with van der Waals surface area (Å²) in [7, 11) is -7.40. The summed E-state index contributed by atoms with van der Waals surface area (Å²) < 4.78 is 23.6. The van der Waals surface area contributed by atoms with E-state index in [2.05, 4.69) is 58.9 Å². The van der Waals surface area contributed by atoms with Gasteiger partial charge in [-0.25, -0.2) is 12.6 Å². The maximum atomic E-state index is 11.8. The van der Waals surface area contributed by atoms with Crippen LogP contribution >= 0.6 is 7.82 Å². The maximum Gasteiger partial charge on any atom is 0.596 e. The Morgan fingerprint density at radius 3 is 1.24 bits per heavy atom. The first-order valence-electron chi connectivity index (χ1n) is 7.02. The van der Waals surface area contributed by atoms with Gasteiger partial charge < -0.3 is 4.74 Å². The fourth-order valence-electron chi connectivity index (χ4n) is 1.46. The van der Waals surface area contributed by atoms with Crippen LogP contribution in [0.15, 0.2) is 0 Å². The maximum absolute atomic E-state index is 11.8. The van der Waals surface area contributed by atoms with Crippen LogP contribution in [0, 0.1) is 0 Å². The summed E-state index contributed by atoms with van der Waals surface area (Å²) in [5.41, 5.74) is 0. The molecule has 0 saturated heterocycles. The molecule has 0 atom stereocenters. The number of hydrogen-bond acceptors (Lipinski definition) is 5. The van der Waals surface area contributed by atoms with Crippen molar-refractivity contribution < 1.29 is 22.2 Å². The molecule has 123 valence electrons. The summed E-state index contributed by atoms with van der Waals surface area (Å²) in [6, 6.07) is 0. The predicted octanol–water partition coefficient (Wildman–Crippen LogP) is 4.69. The molecule has 0 aliphatic rings. The molecule has 0 amide bonds. The molecule has 5 nitrogen and oxygen atoms in total. The van der Waals surface area contributed by atoms with Crippen molar-refractivity contribution >= 4 is 45.6 Å². The van der Waals surface area contributed by atoms with E-state index in [0.717, 1.165) is 0 Å². The molecule has 0 fully saturated rings. The zero-order valence-electron chi connectivity index (χ0n) is 15.1. The second kappa shape index (κ2) is 7.38. The second-order valence-corrected chi connectivity index (χ2v) is 24.0. The molecule has 0 rings (SSSR count). The lowest BCUT2D eigenvalue weighted by Crippen LogP contribution is -2.40. The van der Waals surface area contributed by atoms with E-state index in [9.17, 15) is 4.79 Å². The van der Waals surface area contributed by atoms with E-state index in [-0.39, 0.29) is 0 Å². The Kier molecular flexibility index (Phi) is 7.55. The minimum atomic E-state index is -2.85. The molecule has 0 bridgehead atoms. The smallest absolute Gasteiger partial charge is 0.473 e. The molecular weight excluding hydrogens is 338 g/mol. The van der Waals surface area contributed by atoms with Crippen LogP contribution in [0.25, 0.3) is 0 Å². The monoisotopic (exact) mass is 368 g/mol. The number of hydrogen-bond donors (Lipinski definition) is 0. The Morgan fingerprint density at radius 2 is 1.05 bits per heavy atom. The summed E-state index contributed by atoms with van der Waals surface area (Å²) in [6.07, 6.45) is 0. The molecule has 0 N–H and O–H groups in total. The highest BCUT2D eigenvalue weighted by atomic mass is 31.2. The van der Waals surface area contributed by atoms with Gasteiger partial charge in [0.25, 0.3) is 0 Å². The molecule has 0 saturated carbocycles. The first-order chi connectivity index (χ1) is 9.08. The summed E-state index contributed by atoms with van der Waals surface area (Å²) in [6.45, 7) is 20.0. The highest BCUT2D eigenvalue weighted by Gasteiger charge is 2.58. The van der Waals surface area contributed by atoms with E-state index in [0.29, 0.717) is 0 Å². The van der Waals surface area contributed by atoms with Gasteiger partial charge >= 0.3 is 20.7 Å². The lowest BCUT2D eigenvalue weighted by molar-refractivity contribution is 0.198. The van der Waals surface area contributed by atoms with E-state index >= 15 is 0 Å². The van der Waals surface area contributed by atoms with Gasteiger partial charge in [-0.05, 0) is 58.9 Å². The molecule has 21 heavy (non-hydrogen) atoms. The first-order valence-corrected chi connectivity index (χ1v) is 18.9. The number of rotatable bonds is 8. The van der Waals surface area contributed by atoms with E-state index in [1.54, 1.807) is 0 Å². The van der Waals surface area contributed by atoms with Crippen LogP contribution in [0.4, 0.5) is 4.79 Å². The van der Waals surface area contributed by atoms with Crippen LogP contribution in [-0.2, 0) is 17.4 Å². The minimum Gasteiger partial charge on any atom is -0.473 e. The fraction of sp³-hybridized carbons (Fsp3) is 0.909. The molecule has 1 radical (unpaired) electrons. The number of ether oxygens (including phenoxy) is 1. The van der Waals surface area contributed by atoms with Gasteiger partial charge in [-0.2, -0.15) is 0 Å². The molecule has 0 unspecified atom stereocenters. The minimum absolute atomic E-state index is 0.460. The lowest BCUT2D eigenvalue weighted by atomic mass is 10.1. The normalized spacial score (nSPS) is 14.0. The van der Waals surface area contributed by atoms with Gasteiger partial charge in [-0.1, -0.05) is 0 Å². The largest absolute Gasteiger partial charge is 0.596 e. The molecule has 10 heteroatoms. The topological polar surface area (TPSA) is 54.0 Å². The molecule has 0 aliphatic carbocycles. The third-order valence-corrected chi connectivity index (χ3v) is 11.8. The quantitative estimate of drug-likeness (QED) is 0.460. The highest BCUT2D eigenvalue weighted by Crippen LogP contribution is 2.65. The Balaban J connectivity index is 5.63. The van der Waals surface area contributed by atoms with Crippen molar-refractivity contribution in [3.8, 4) is 0 Å². The number of carbonyl (C=O) groups is 1. The van der Waals surface area contributed by atoms with E-state index < -0.39 is 38.6 Å². The van der Waals surface area contributed by atoms with Crippen LogP contribution in [-0.4, -0.2) is 44.9 Å². The van der Waals surface area contributed by atoms with Crippen LogP contribution in [0.5, 0.6) is 0 Å². The van der Waals surface area contributed by atoms with Gasteiger partial charge in [0.15, 0.2) is 0 Å². The summed E-state index contributed by atoms with van der Waals surface area (Å²) in [5, 5.41) is 0. The molecule has 0 aromatic rings. The zero-order valence-corrected chi connectivity index (χ0v) is 19.0. The van der Waals surface area contributed by atoms with Crippen molar-refractivity contribution in [2.45, 2.75) is 58.9 Å². The summed E-state index contributed by atoms with van der Waals surface area (Å²) in [4.78, 5) is 11.8. The molecule has 0 spiro atoms. The second-order valence-electron chi connectivity index (χ2n) is 7.80. The van der Waals surface area contributed by atoms with Gasteiger partial charge in [0.2, 0.25) is 25.0 Å². The number of carbonyl (C=O) groups excluding carboxylic acids is 1. The van der Waals surface area contributed by atoms with E-state index in [4.69, 9.17) is 17.4 Å². The predicted molar refractivity (Wildman–Crippen MR) is 98.4 cm³/mol. The van der Waals surface area contributed by atoms with Crippen LogP contribution in [0.1, 0.15) is 0 Å². The summed E-state index contributed by atoms with van der Waals surface area (Å²) in [5.74, 6) is -0.460. The van der Waals surface area contributed by atoms with Crippen LogP contribution < -0.4 is 0 Å². The van der Waals surface area contributed by atoms with Crippen molar-refractivity contribution in [2.75, 3.05) is 7.11 Å². The van der Waals surface area contributed by atoms with Gasteiger partial charge in [0, 0.05) is 0 Å². The average Bonchev–Trinajstić information content (AvgIpc) is 2.07. The molecule has 0 aromatic heterocycles. The standard InChI is InChI=1S/C11H30BO5PSi3/c1-14-11(13)12-18(15-19(2,3)4,16-20(5,6)7)17-21(8,9)10/h1-10H3/q+1. The van der Waals surface area contributed by atoms with Gasteiger partial charge in [0.05, 0.1) is 7.11 Å². The lowest BCUT2D eigenvalue weighted by Gasteiger charge is -2.35. The van der Waals surface area contributed by atoms with Gasteiger partial charge in [0.1, 0.15) is 0 Å². The molecule has 0 aliphatic heterocycles. The van der Waals surface area contributed by atoms with Gasteiger partial charge in [-0.15, -0.1) is 0 Å². The Labute approximate surface area is 134 Å². The summed E-state index contributed by atoms with van der Waals surface area (Å²) >= 11 is 0.